The molecule has 0 radical (unpaired) electrons. The number of nitrogens with zero attached hydrogens (tertiary/aromatic N) is 1. The summed E-state index contributed by atoms with van der Waals surface area (Å²) in [6.45, 7) is 0.439. The van der Waals surface area contributed by atoms with Crippen molar-refractivity contribution in [2.45, 2.75) is 62.5 Å². The fourth-order valence-electron chi connectivity index (χ4n) is 6.28. The van der Waals surface area contributed by atoms with Crippen LogP contribution in [0.1, 0.15) is 29.5 Å². The van der Waals surface area contributed by atoms with E-state index in [1.54, 1.807) is 4.90 Å². The van der Waals surface area contributed by atoms with E-state index in [4.69, 9.17) is 0 Å². The fraction of sp³-hybridized carbons (Fsp3) is 0.324. The molecule has 5 N–H and O–H groups in total. The molecule has 1 aromatic heterocycles. The number of aliphatic hydroxyl groups excluding tert-OH is 1. The van der Waals surface area contributed by atoms with Crippen molar-refractivity contribution < 1.29 is 19.5 Å². The highest BCUT2D eigenvalue weighted by molar-refractivity contribution is 5.94. The number of rotatable bonds is 6. The maximum absolute atomic E-state index is 14.1. The molecule has 6 rings (SSSR count). The number of hydrogen-bond acceptors (Lipinski definition) is 5. The minimum absolute atomic E-state index is 0.238. The molecule has 43 heavy (non-hydrogen) atoms. The summed E-state index contributed by atoms with van der Waals surface area (Å²) in [6, 6.07) is 23.8. The zero-order valence-corrected chi connectivity index (χ0v) is 23.9. The van der Waals surface area contributed by atoms with Crippen LogP contribution in [-0.2, 0) is 33.6 Å². The smallest absolute Gasteiger partial charge is 0.243 e. The maximum Gasteiger partial charge on any atom is 0.243 e. The molecule has 1 unspecified atom stereocenters. The van der Waals surface area contributed by atoms with E-state index in [1.807, 2.05) is 91.1 Å². The first-order valence-corrected chi connectivity index (χ1v) is 14.9. The number of para-hydroxylation sites is 1. The third-order valence-corrected chi connectivity index (χ3v) is 8.53. The minimum Gasteiger partial charge on any atom is -0.376 e. The van der Waals surface area contributed by atoms with Crippen molar-refractivity contribution in [2.24, 2.45) is 0 Å². The van der Waals surface area contributed by atoms with Gasteiger partial charge in [0.25, 0.3) is 0 Å². The highest BCUT2D eigenvalue weighted by Crippen LogP contribution is 2.23. The molecular weight excluding hydrogens is 542 g/mol. The highest BCUT2D eigenvalue weighted by atomic mass is 16.3. The molecule has 0 spiro atoms. The monoisotopic (exact) mass is 579 g/mol. The third-order valence-electron chi connectivity index (χ3n) is 8.53. The Morgan fingerprint density at radius 2 is 1.40 bits per heavy atom. The molecule has 3 aromatic carbocycles. The van der Waals surface area contributed by atoms with E-state index in [2.05, 4.69) is 20.9 Å². The molecule has 3 amide bonds. The van der Waals surface area contributed by atoms with E-state index in [0.29, 0.717) is 32.2 Å². The summed E-state index contributed by atoms with van der Waals surface area (Å²) in [5.74, 6) is -0.966. The Hall–Kier alpha value is -4.47. The van der Waals surface area contributed by atoms with Gasteiger partial charge in [-0.2, -0.15) is 0 Å². The number of benzene rings is 3. The Bertz CT molecular complexity index is 1570. The van der Waals surface area contributed by atoms with Gasteiger partial charge in [-0.3, -0.25) is 19.7 Å². The molecule has 5 atom stereocenters. The van der Waals surface area contributed by atoms with Gasteiger partial charge in [0.05, 0.1) is 12.1 Å². The van der Waals surface area contributed by atoms with Gasteiger partial charge in [-0.1, -0.05) is 78.9 Å². The number of carbonyl (C=O) groups excluding carboxylic acids is 3. The quantitative estimate of drug-likeness (QED) is 0.240. The van der Waals surface area contributed by atoms with E-state index in [9.17, 15) is 19.5 Å². The second-order valence-electron chi connectivity index (χ2n) is 11.5. The zero-order chi connectivity index (χ0) is 29.8. The highest BCUT2D eigenvalue weighted by Gasteiger charge is 2.40. The number of carbonyl (C=O) groups is 3. The number of H-pyrrole nitrogens is 1. The van der Waals surface area contributed by atoms with E-state index >= 15 is 0 Å². The van der Waals surface area contributed by atoms with Crippen LogP contribution in [0.5, 0.6) is 0 Å². The molecule has 3 heterocycles. The van der Waals surface area contributed by atoms with Crippen LogP contribution in [0.3, 0.4) is 0 Å². The zero-order valence-electron chi connectivity index (χ0n) is 23.9. The van der Waals surface area contributed by atoms with Gasteiger partial charge in [0.2, 0.25) is 17.7 Å². The van der Waals surface area contributed by atoms with Crippen LogP contribution < -0.4 is 16.0 Å². The summed E-state index contributed by atoms with van der Waals surface area (Å²) < 4.78 is 0. The van der Waals surface area contributed by atoms with Crippen LogP contribution >= 0.6 is 0 Å². The lowest BCUT2D eigenvalue weighted by Gasteiger charge is -2.35. The number of hydrogen-bond donors (Lipinski definition) is 5. The molecule has 222 valence electrons. The maximum atomic E-state index is 14.1. The number of fused-ring (bicyclic) bond motifs is 2. The largest absolute Gasteiger partial charge is 0.376 e. The number of amides is 3. The van der Waals surface area contributed by atoms with Gasteiger partial charge in [0.1, 0.15) is 18.3 Å². The van der Waals surface area contributed by atoms with Crippen LogP contribution in [0.25, 0.3) is 10.9 Å². The molecule has 4 aromatic rings. The van der Waals surface area contributed by atoms with Gasteiger partial charge in [0.15, 0.2) is 0 Å². The average Bonchev–Trinajstić information content (AvgIpc) is 3.68. The van der Waals surface area contributed by atoms with E-state index in [0.717, 1.165) is 27.6 Å². The SMILES string of the molecule is O=C1N[C@H](Cc2ccccc2)C(=O)N[C@@H](Cc2c[nH]c3ccccc23)C(O)N[C@H](Cc2ccccc2)C(=O)N2CCC[C@H]12. The number of aliphatic hydroxyl groups is 1. The van der Waals surface area contributed by atoms with Crippen molar-refractivity contribution >= 4 is 28.6 Å². The third kappa shape index (κ3) is 6.48. The predicted molar refractivity (Wildman–Crippen MR) is 164 cm³/mol. The molecule has 2 saturated heterocycles. The number of aromatic nitrogens is 1. The second kappa shape index (κ2) is 12.8. The molecular formula is C34H37N5O4. The molecule has 9 heteroatoms. The minimum atomic E-state index is -1.25. The summed E-state index contributed by atoms with van der Waals surface area (Å²) >= 11 is 0. The van der Waals surface area contributed by atoms with Gasteiger partial charge in [0, 0.05) is 30.1 Å². The molecule has 0 bridgehead atoms. The fourth-order valence-corrected chi connectivity index (χ4v) is 6.28. The summed E-state index contributed by atoms with van der Waals surface area (Å²) in [7, 11) is 0. The Morgan fingerprint density at radius 3 is 2.12 bits per heavy atom. The summed E-state index contributed by atoms with van der Waals surface area (Å²) in [5.41, 5.74) is 3.69. The summed E-state index contributed by atoms with van der Waals surface area (Å²) in [5, 5.41) is 21.8. The van der Waals surface area contributed by atoms with Crippen molar-refractivity contribution in [1.82, 2.24) is 25.8 Å². The van der Waals surface area contributed by atoms with Gasteiger partial charge in [-0.25, -0.2) is 0 Å². The number of aromatic amines is 1. The average molecular weight is 580 g/mol. The van der Waals surface area contributed by atoms with Gasteiger partial charge in [-0.15, -0.1) is 0 Å². The van der Waals surface area contributed by atoms with Gasteiger partial charge >= 0.3 is 0 Å². The molecule has 0 aliphatic carbocycles. The van der Waals surface area contributed by atoms with Crippen molar-refractivity contribution in [3.63, 3.8) is 0 Å². The van der Waals surface area contributed by atoms with Crippen molar-refractivity contribution in [3.05, 3.63) is 108 Å². The Morgan fingerprint density at radius 1 is 0.744 bits per heavy atom. The Balaban J connectivity index is 1.35. The van der Waals surface area contributed by atoms with Crippen molar-refractivity contribution in [3.8, 4) is 0 Å². The lowest BCUT2D eigenvalue weighted by atomic mass is 9.99. The van der Waals surface area contributed by atoms with Crippen LogP contribution in [0.15, 0.2) is 91.1 Å². The van der Waals surface area contributed by atoms with Crippen molar-refractivity contribution in [2.75, 3.05) is 6.54 Å². The van der Waals surface area contributed by atoms with Crippen molar-refractivity contribution in [1.29, 1.82) is 0 Å². The molecule has 2 aliphatic rings. The first-order chi connectivity index (χ1) is 21.0. The molecule has 2 aliphatic heterocycles. The lowest BCUT2D eigenvalue weighted by Crippen LogP contribution is -2.63. The van der Waals surface area contributed by atoms with E-state index < -0.39 is 30.4 Å². The Labute approximate surface area is 250 Å². The number of nitrogens with one attached hydrogen (secondary N) is 4. The molecule has 0 saturated carbocycles. The summed E-state index contributed by atoms with van der Waals surface area (Å²) in [4.78, 5) is 46.5. The molecule has 9 nitrogen and oxygen atoms in total. The van der Waals surface area contributed by atoms with E-state index in [1.165, 1.54) is 0 Å². The van der Waals surface area contributed by atoms with Gasteiger partial charge < -0.3 is 25.6 Å². The van der Waals surface area contributed by atoms with Crippen LogP contribution in [-0.4, -0.2) is 69.7 Å². The van der Waals surface area contributed by atoms with Crippen LogP contribution in [0, 0.1) is 0 Å². The topological polar surface area (TPSA) is 127 Å². The van der Waals surface area contributed by atoms with Gasteiger partial charge in [-0.05, 0) is 48.4 Å². The van der Waals surface area contributed by atoms with Crippen LogP contribution in [0.2, 0.25) is 0 Å². The van der Waals surface area contributed by atoms with E-state index in [-0.39, 0.29) is 24.1 Å². The first kappa shape index (κ1) is 28.6. The predicted octanol–water partition coefficient (Wildman–Crippen LogP) is 2.45. The van der Waals surface area contributed by atoms with Crippen LogP contribution in [0.4, 0.5) is 0 Å². The lowest BCUT2D eigenvalue weighted by molar-refractivity contribution is -0.142. The Kier molecular flexibility index (Phi) is 8.53. The summed E-state index contributed by atoms with van der Waals surface area (Å²) in [6.07, 6.45) is 2.73. The first-order valence-electron chi connectivity index (χ1n) is 14.9. The standard InChI is InChI=1S/C34H37N5O4/c40-31-27(18-22-10-3-1-4-11-22)37-33(42)30-16-9-17-39(30)34(43)29(19-23-12-5-2-6-13-23)38-32(41)28(36-31)20-24-21-35-26-15-8-7-14-25(24)26/h1-8,10-15,21,27-30,32,35,38,41H,9,16-20H2,(H,36,40)(H,37,42)/t27-,28+,29-,30-,32?/m1/s1. The normalized spacial score (nSPS) is 25.0. The second-order valence-corrected chi connectivity index (χ2v) is 11.5. The molecule has 2 fully saturated rings.